The van der Waals surface area contributed by atoms with Gasteiger partial charge in [0, 0.05) is 23.6 Å². The normalized spacial score (nSPS) is 12.6. The number of aryl methyl sites for hydroxylation is 1. The van der Waals surface area contributed by atoms with Gasteiger partial charge < -0.3 is 4.98 Å². The van der Waals surface area contributed by atoms with Gasteiger partial charge in [-0.2, -0.15) is 4.98 Å². The van der Waals surface area contributed by atoms with E-state index in [-0.39, 0.29) is 0 Å². The quantitative estimate of drug-likeness (QED) is 0.471. The molecule has 0 spiro atoms. The van der Waals surface area contributed by atoms with Gasteiger partial charge in [0.15, 0.2) is 5.65 Å². The van der Waals surface area contributed by atoms with E-state index < -0.39 is 0 Å². The molecule has 0 aromatic carbocycles. The molecule has 1 N–H and O–H groups in total. The second kappa shape index (κ2) is 7.38. The lowest BCUT2D eigenvalue weighted by molar-refractivity contribution is 0.622. The summed E-state index contributed by atoms with van der Waals surface area (Å²) in [5.74, 6) is 0.892. The number of fused-ring (bicyclic) bond motifs is 8. The minimum Gasteiger partial charge on any atom is -0.355 e. The molecule has 5 rings (SSSR count). The van der Waals surface area contributed by atoms with E-state index >= 15 is 0 Å². The summed E-state index contributed by atoms with van der Waals surface area (Å²) in [6.45, 7) is 2.97. The first-order valence-electron chi connectivity index (χ1n) is 9.78. The Morgan fingerprint density at radius 1 is 0.862 bits per heavy atom. The second-order valence-corrected chi connectivity index (χ2v) is 7.02. The molecule has 0 saturated heterocycles. The lowest BCUT2D eigenvalue weighted by Crippen LogP contribution is -1.99. The van der Waals surface area contributed by atoms with Crippen molar-refractivity contribution in [3.63, 3.8) is 0 Å². The van der Waals surface area contributed by atoms with Crippen LogP contribution in [0.2, 0.25) is 0 Å². The van der Waals surface area contributed by atoms with Gasteiger partial charge in [0.1, 0.15) is 0 Å². The van der Waals surface area contributed by atoms with Crippen molar-refractivity contribution in [2.75, 3.05) is 0 Å². The lowest BCUT2D eigenvalue weighted by atomic mass is 10.2. The number of hydrogen-bond donors (Lipinski definition) is 1. The summed E-state index contributed by atoms with van der Waals surface area (Å²) in [6, 6.07) is 9.90. The van der Waals surface area contributed by atoms with E-state index in [4.69, 9.17) is 0 Å². The largest absolute Gasteiger partial charge is 0.355 e. The fourth-order valence-corrected chi connectivity index (χ4v) is 3.34. The van der Waals surface area contributed by atoms with Gasteiger partial charge >= 0.3 is 0 Å². The molecule has 0 aliphatic carbocycles. The molecule has 8 nitrogen and oxygen atoms in total. The van der Waals surface area contributed by atoms with E-state index in [1.165, 1.54) is 0 Å². The lowest BCUT2D eigenvalue weighted by Gasteiger charge is -2.02. The maximum atomic E-state index is 4.68. The molecule has 8 bridgehead atoms. The fraction of sp³-hybridized carbons (Fsp3) is 0.238. The van der Waals surface area contributed by atoms with Crippen LogP contribution >= 0.6 is 0 Å². The molecule has 2 aliphatic rings. The molecule has 0 atom stereocenters. The predicted molar refractivity (Wildman–Crippen MR) is 114 cm³/mol. The third-order valence-corrected chi connectivity index (χ3v) is 4.78. The zero-order valence-corrected chi connectivity index (χ0v) is 16.1. The van der Waals surface area contributed by atoms with Crippen LogP contribution in [0.5, 0.6) is 0 Å². The Balaban J connectivity index is 1.77. The van der Waals surface area contributed by atoms with Crippen LogP contribution in [0.3, 0.4) is 0 Å². The van der Waals surface area contributed by atoms with Gasteiger partial charge in [-0.05, 0) is 42.8 Å². The summed E-state index contributed by atoms with van der Waals surface area (Å²) in [4.78, 5) is 21.4. The first-order valence-corrected chi connectivity index (χ1v) is 9.78. The van der Waals surface area contributed by atoms with Crippen molar-refractivity contribution in [2.24, 2.45) is 4.99 Å². The highest BCUT2D eigenvalue weighted by molar-refractivity contribution is 5.83. The molecule has 3 aromatic rings. The number of hydrogen-bond acceptors (Lipinski definition) is 6. The number of rotatable bonds is 4. The Morgan fingerprint density at radius 3 is 2.48 bits per heavy atom. The van der Waals surface area contributed by atoms with Gasteiger partial charge in [0.25, 0.3) is 11.7 Å². The zero-order valence-electron chi connectivity index (χ0n) is 16.1. The van der Waals surface area contributed by atoms with Gasteiger partial charge in [-0.25, -0.2) is 15.0 Å². The predicted octanol–water partition coefficient (Wildman–Crippen LogP) is 4.08. The summed E-state index contributed by atoms with van der Waals surface area (Å²) in [7, 11) is 0. The number of unbranched alkanes of at least 4 members (excludes halogenated alkanes) is 2. The third kappa shape index (κ3) is 3.69. The van der Waals surface area contributed by atoms with E-state index in [2.05, 4.69) is 42.0 Å². The summed E-state index contributed by atoms with van der Waals surface area (Å²) < 4.78 is 2.01. The van der Waals surface area contributed by atoms with Crippen LogP contribution in [0.4, 0.5) is 5.95 Å². The van der Waals surface area contributed by atoms with Crippen molar-refractivity contribution in [3.8, 4) is 0 Å². The first-order chi connectivity index (χ1) is 14.3. The van der Waals surface area contributed by atoms with Crippen LogP contribution in [0.15, 0.2) is 35.3 Å². The molecular weight excluding hydrogens is 364 g/mol. The molecule has 2 aliphatic heterocycles. The molecule has 8 heteroatoms. The van der Waals surface area contributed by atoms with E-state index in [1.807, 2.05) is 47.1 Å². The Hall–Kier alpha value is -3.68. The van der Waals surface area contributed by atoms with Crippen LogP contribution in [0.25, 0.3) is 34.6 Å². The van der Waals surface area contributed by atoms with Crippen LogP contribution in [-0.2, 0) is 6.54 Å². The Morgan fingerprint density at radius 2 is 1.66 bits per heavy atom. The number of aliphatic imine (C=N–C) groups is 1. The first kappa shape index (κ1) is 17.4. The van der Waals surface area contributed by atoms with Crippen LogP contribution in [0.1, 0.15) is 43.3 Å². The van der Waals surface area contributed by atoms with Crippen molar-refractivity contribution in [2.45, 2.75) is 32.7 Å². The Kier molecular flexibility index (Phi) is 4.44. The molecule has 3 aromatic heterocycles. The number of aromatic amines is 1. The van der Waals surface area contributed by atoms with Gasteiger partial charge in [0.2, 0.25) is 0 Å². The molecule has 29 heavy (non-hydrogen) atoms. The summed E-state index contributed by atoms with van der Waals surface area (Å²) in [6.07, 6.45) is 8.98. The van der Waals surface area contributed by atoms with Gasteiger partial charge in [0.05, 0.1) is 23.3 Å². The SMILES string of the molecule is CCCCCn1c2cc3nc(cc4ccc(cc5nc(nc1nn2)N=C5)[nH]4)C=C3. The molecule has 5 heterocycles. The molecule has 0 saturated carbocycles. The highest BCUT2D eigenvalue weighted by Gasteiger charge is 2.08. The molecule has 0 unspecified atom stereocenters. The van der Waals surface area contributed by atoms with Crippen molar-refractivity contribution in [3.05, 3.63) is 47.4 Å². The van der Waals surface area contributed by atoms with E-state index in [0.29, 0.717) is 11.7 Å². The average Bonchev–Trinajstić information content (AvgIpc) is 3.49. The van der Waals surface area contributed by atoms with Crippen LogP contribution in [-0.4, -0.2) is 40.9 Å². The number of H-pyrrole nitrogens is 1. The highest BCUT2D eigenvalue weighted by Crippen LogP contribution is 2.16. The van der Waals surface area contributed by atoms with Crippen LogP contribution < -0.4 is 0 Å². The summed E-state index contributed by atoms with van der Waals surface area (Å²) in [5.41, 5.74) is 5.11. The number of aromatic nitrogens is 7. The van der Waals surface area contributed by atoms with Crippen molar-refractivity contribution in [1.29, 1.82) is 0 Å². The maximum absolute atomic E-state index is 4.68. The molecule has 0 radical (unpaired) electrons. The summed E-state index contributed by atoms with van der Waals surface area (Å²) in [5, 5.41) is 8.61. The average molecular weight is 384 g/mol. The van der Waals surface area contributed by atoms with Gasteiger partial charge in [-0.15, -0.1) is 10.2 Å². The number of nitrogens with one attached hydrogen (secondary N) is 1. The maximum Gasteiger partial charge on any atom is 0.254 e. The zero-order chi connectivity index (χ0) is 19.6. The Labute approximate surface area is 167 Å². The van der Waals surface area contributed by atoms with Crippen molar-refractivity contribution >= 4 is 46.8 Å². The minimum atomic E-state index is 0.381. The van der Waals surface area contributed by atoms with Gasteiger partial charge in [-0.3, -0.25) is 4.57 Å². The molecular formula is C21H20N8. The monoisotopic (exact) mass is 384 g/mol. The minimum absolute atomic E-state index is 0.381. The van der Waals surface area contributed by atoms with E-state index in [9.17, 15) is 0 Å². The van der Waals surface area contributed by atoms with Crippen molar-refractivity contribution in [1.82, 2.24) is 34.7 Å². The topological polar surface area (TPSA) is 97.5 Å². The van der Waals surface area contributed by atoms with Gasteiger partial charge in [-0.1, -0.05) is 19.8 Å². The molecule has 0 amide bonds. The third-order valence-electron chi connectivity index (χ3n) is 4.78. The fourth-order valence-electron chi connectivity index (χ4n) is 3.34. The van der Waals surface area contributed by atoms with E-state index in [0.717, 1.165) is 59.6 Å². The summed E-state index contributed by atoms with van der Waals surface area (Å²) >= 11 is 0. The molecule has 144 valence electrons. The highest BCUT2D eigenvalue weighted by atomic mass is 15.3. The standard InChI is InChI=1S/C21H20N8/c1-2-3-4-9-29-19-12-17-8-7-15(24-17)10-14-5-6-16(23-14)11-18-13-22-20(25-18)26-21(29)28-27-19/h5-8,10-13,23H,2-4,9H2,1H3. The molecule has 0 fully saturated rings. The second-order valence-electron chi connectivity index (χ2n) is 7.02. The smallest absolute Gasteiger partial charge is 0.254 e. The Bertz CT molecular complexity index is 1190. The number of nitrogens with zero attached hydrogens (tertiary/aromatic N) is 7. The van der Waals surface area contributed by atoms with E-state index in [1.54, 1.807) is 6.21 Å². The van der Waals surface area contributed by atoms with Crippen molar-refractivity contribution < 1.29 is 0 Å². The van der Waals surface area contributed by atoms with Crippen LogP contribution in [0, 0.1) is 0 Å².